The largest absolute Gasteiger partial charge is 0.477 e. The van der Waals surface area contributed by atoms with Crippen molar-refractivity contribution in [2.75, 3.05) is 37.1 Å². The van der Waals surface area contributed by atoms with Crippen LogP contribution in [0, 0.1) is 6.92 Å². The number of aromatic nitrogens is 2. The Morgan fingerprint density at radius 1 is 1.43 bits per heavy atom. The van der Waals surface area contributed by atoms with Crippen molar-refractivity contribution < 1.29 is 28.9 Å². The zero-order valence-electron chi connectivity index (χ0n) is 19.3. The predicted molar refractivity (Wildman–Crippen MR) is 133 cm³/mol. The molecular weight excluding hydrogens is 514 g/mol. The number of nitrogens with zero attached hydrogens (tertiary/aromatic N) is 5. The summed E-state index contributed by atoms with van der Waals surface area (Å²) in [6, 6.07) is -0.906. The van der Waals surface area contributed by atoms with E-state index in [0.717, 1.165) is 22.2 Å². The molecule has 0 unspecified atom stereocenters. The van der Waals surface area contributed by atoms with E-state index >= 15 is 0 Å². The van der Waals surface area contributed by atoms with Gasteiger partial charge >= 0.3 is 11.1 Å². The summed E-state index contributed by atoms with van der Waals surface area (Å²) in [6.45, 7) is 2.35. The molecule has 15 heteroatoms. The van der Waals surface area contributed by atoms with Gasteiger partial charge in [0.25, 0.3) is 11.8 Å². The molecular formula is C20H24N7O5S3+. The maximum Gasteiger partial charge on any atom is 0.352 e. The highest BCUT2D eigenvalue weighted by Gasteiger charge is 2.54. The Balaban J connectivity index is 1.52. The average molecular weight is 539 g/mol. The molecule has 186 valence electrons. The lowest BCUT2D eigenvalue weighted by atomic mass is 10.0. The number of aliphatic carboxylic acids is 1. The van der Waals surface area contributed by atoms with Gasteiger partial charge in [-0.05, 0) is 6.92 Å². The molecule has 4 N–H and O–H groups in total. The third-order valence-electron chi connectivity index (χ3n) is 5.60. The minimum absolute atomic E-state index is 0.0370. The van der Waals surface area contributed by atoms with Crippen molar-refractivity contribution >= 4 is 68.2 Å². The minimum atomic E-state index is -1.18. The van der Waals surface area contributed by atoms with E-state index in [1.807, 2.05) is 35.9 Å². The van der Waals surface area contributed by atoms with Gasteiger partial charge in [0.1, 0.15) is 42.2 Å². The van der Waals surface area contributed by atoms with Gasteiger partial charge in [-0.3, -0.25) is 19.4 Å². The molecule has 1 saturated heterocycles. The number of likely N-dealkylation sites (N-methyl/N-ethyl adjacent to an activating group) is 1. The van der Waals surface area contributed by atoms with Crippen molar-refractivity contribution in [3.8, 4) is 0 Å². The summed E-state index contributed by atoms with van der Waals surface area (Å²) in [5.74, 6) is -1.94. The number of carboxylic acid groups (broad SMARTS) is 1. The third kappa shape index (κ3) is 4.58. The molecule has 12 nitrogen and oxygen atoms in total. The number of fused-ring (bicyclic) bond motifs is 1. The van der Waals surface area contributed by atoms with Gasteiger partial charge in [0.2, 0.25) is 0 Å². The Morgan fingerprint density at radius 2 is 2.17 bits per heavy atom. The lowest BCUT2D eigenvalue weighted by Crippen LogP contribution is -2.71. The maximum absolute atomic E-state index is 13.0. The number of oxime groups is 1. The van der Waals surface area contributed by atoms with E-state index in [-0.39, 0.29) is 22.2 Å². The van der Waals surface area contributed by atoms with Crippen LogP contribution in [0.2, 0.25) is 0 Å². The first-order valence-corrected chi connectivity index (χ1v) is 13.1. The molecule has 2 aliphatic rings. The lowest BCUT2D eigenvalue weighted by Gasteiger charge is -2.49. The Morgan fingerprint density at radius 3 is 2.74 bits per heavy atom. The van der Waals surface area contributed by atoms with Crippen molar-refractivity contribution in [1.29, 1.82) is 0 Å². The van der Waals surface area contributed by atoms with Crippen LogP contribution in [-0.4, -0.2) is 76.4 Å². The van der Waals surface area contributed by atoms with Crippen molar-refractivity contribution in [2.24, 2.45) is 12.2 Å². The van der Waals surface area contributed by atoms with E-state index in [1.165, 1.54) is 23.8 Å². The topological polar surface area (TPSA) is 154 Å². The van der Waals surface area contributed by atoms with Gasteiger partial charge in [0.15, 0.2) is 10.8 Å². The number of nitrogens with two attached hydrogens (primary N) is 1. The van der Waals surface area contributed by atoms with Crippen LogP contribution < -0.4 is 20.5 Å². The summed E-state index contributed by atoms with van der Waals surface area (Å²) < 4.78 is 2.03. The zero-order chi connectivity index (χ0) is 25.4. The Labute approximate surface area is 213 Å². The summed E-state index contributed by atoms with van der Waals surface area (Å²) in [5.41, 5.74) is 7.44. The predicted octanol–water partition coefficient (Wildman–Crippen LogP) is 0.145. The lowest BCUT2D eigenvalue weighted by molar-refractivity contribution is -0.660. The van der Waals surface area contributed by atoms with Gasteiger partial charge in [-0.25, -0.2) is 14.3 Å². The van der Waals surface area contributed by atoms with Crippen LogP contribution >= 0.6 is 34.4 Å². The second-order valence-electron chi connectivity index (χ2n) is 7.89. The van der Waals surface area contributed by atoms with E-state index < -0.39 is 29.2 Å². The van der Waals surface area contributed by atoms with Gasteiger partial charge in [-0.2, -0.15) is 0 Å². The van der Waals surface area contributed by atoms with Crippen LogP contribution in [0.25, 0.3) is 0 Å². The number of carboxylic acids is 1. The van der Waals surface area contributed by atoms with E-state index in [9.17, 15) is 19.5 Å². The summed E-state index contributed by atoms with van der Waals surface area (Å²) in [5, 5.41) is 20.6. The number of hydrogen-bond acceptors (Lipinski definition) is 11. The molecule has 0 aliphatic carbocycles. The number of rotatable bonds is 8. The number of amides is 2. The molecule has 2 atom stereocenters. The number of nitrogen functional groups attached to an aromatic ring is 1. The van der Waals surface area contributed by atoms with Crippen molar-refractivity contribution in [3.63, 3.8) is 0 Å². The van der Waals surface area contributed by atoms with Crippen molar-refractivity contribution in [1.82, 2.24) is 15.2 Å². The molecule has 2 aromatic rings. The number of carbonyl (C=O) groups excluding carboxylic acids is 2. The highest BCUT2D eigenvalue weighted by Crippen LogP contribution is 2.40. The van der Waals surface area contributed by atoms with Crippen LogP contribution in [0.4, 0.5) is 10.3 Å². The molecule has 0 saturated carbocycles. The van der Waals surface area contributed by atoms with E-state index in [0.29, 0.717) is 17.9 Å². The highest BCUT2D eigenvalue weighted by molar-refractivity contribution is 8.00. The van der Waals surface area contributed by atoms with Gasteiger partial charge in [-0.15, -0.1) is 23.1 Å². The second-order valence-corrected chi connectivity index (χ2v) is 10.7. The number of β-lactam (4-membered cyclic amide) rings is 1. The van der Waals surface area contributed by atoms with E-state index in [4.69, 9.17) is 10.6 Å². The SMILES string of the molecule is CO/N=C(/C(=O)N[C@@H]1C(=O)N2C(C(=O)O)=C(CN(C)c3scc(C)[n+]3C)CS[C@H]12)c1csc(N)n1. The molecule has 0 aromatic carbocycles. The van der Waals surface area contributed by atoms with E-state index in [2.05, 4.69) is 15.5 Å². The summed E-state index contributed by atoms with van der Waals surface area (Å²) in [7, 11) is 5.12. The smallest absolute Gasteiger partial charge is 0.352 e. The Kier molecular flexibility index (Phi) is 7.00. The van der Waals surface area contributed by atoms with Gasteiger partial charge in [0, 0.05) is 22.1 Å². The number of nitrogens with one attached hydrogen (secondary N) is 1. The number of aryl methyl sites for hydroxylation is 1. The molecule has 2 aromatic heterocycles. The zero-order valence-corrected chi connectivity index (χ0v) is 21.8. The fraction of sp³-hybridized carbons (Fsp3) is 0.400. The number of thiazole rings is 2. The first kappa shape index (κ1) is 24.9. The van der Waals surface area contributed by atoms with Gasteiger partial charge in [-0.1, -0.05) is 16.5 Å². The molecule has 4 heterocycles. The maximum atomic E-state index is 13.0. The van der Waals surface area contributed by atoms with Crippen LogP contribution in [0.5, 0.6) is 0 Å². The Hall–Kier alpha value is -3.17. The van der Waals surface area contributed by atoms with Crippen LogP contribution in [0.1, 0.15) is 11.4 Å². The van der Waals surface area contributed by atoms with Crippen molar-refractivity contribution in [2.45, 2.75) is 18.3 Å². The molecule has 0 bridgehead atoms. The van der Waals surface area contributed by atoms with E-state index in [1.54, 1.807) is 16.7 Å². The van der Waals surface area contributed by atoms with Crippen molar-refractivity contribution in [3.05, 3.63) is 33.4 Å². The quantitative estimate of drug-likeness (QED) is 0.184. The summed E-state index contributed by atoms with van der Waals surface area (Å²) >= 11 is 4.10. The highest BCUT2D eigenvalue weighted by atomic mass is 32.2. The number of carbonyl (C=O) groups is 3. The minimum Gasteiger partial charge on any atom is -0.477 e. The first-order valence-electron chi connectivity index (χ1n) is 10.3. The molecule has 2 aliphatic heterocycles. The average Bonchev–Trinajstić information content (AvgIpc) is 3.39. The standard InChI is InChI=1S/C20H23N7O5S3/c1-9-6-35-20(26(9)3)25(2)5-10-7-33-17-13(16(29)27(17)14(10)18(30)31)23-15(28)12(24-32-4)11-8-34-19(21)22-11/h6,8,13,17H,5,7H2,1-4H3,(H3-,21,22,23,28,30,31)/p+1/b24-12+/t13-,17-/m1/s1. The fourth-order valence-corrected chi connectivity index (χ4v) is 6.72. The van der Waals surface area contributed by atoms with Crippen LogP contribution in [-0.2, 0) is 26.3 Å². The Bertz CT molecular complexity index is 1250. The summed E-state index contributed by atoms with van der Waals surface area (Å²) in [4.78, 5) is 50.1. The number of thioether (sulfide) groups is 1. The fourth-order valence-electron chi connectivity index (χ4n) is 3.85. The molecule has 2 amide bonds. The summed E-state index contributed by atoms with van der Waals surface area (Å²) in [6.07, 6.45) is 0. The molecule has 0 spiro atoms. The van der Waals surface area contributed by atoms with Crippen LogP contribution in [0.15, 0.2) is 27.2 Å². The third-order valence-corrected chi connectivity index (χ3v) is 8.87. The molecule has 1 fully saturated rings. The number of hydrogen-bond donors (Lipinski definition) is 3. The normalized spacial score (nSPS) is 19.8. The van der Waals surface area contributed by atoms with Crippen LogP contribution in [0.3, 0.4) is 0 Å². The molecule has 0 radical (unpaired) electrons. The second kappa shape index (κ2) is 9.83. The molecule has 35 heavy (non-hydrogen) atoms. The van der Waals surface area contributed by atoms with Gasteiger partial charge < -0.3 is 21.0 Å². The first-order chi connectivity index (χ1) is 16.6. The number of anilines is 2. The molecule has 4 rings (SSSR count). The monoisotopic (exact) mass is 538 g/mol. The van der Waals surface area contributed by atoms with Gasteiger partial charge in [0.05, 0.1) is 14.1 Å².